The fraction of sp³-hybridized carbons (Fsp3) is 0.412. The maximum Gasteiger partial charge on any atom is 2.00 e. The molecule has 642 valence electrons. The molecule has 5 aromatic carbocycles. The van der Waals surface area contributed by atoms with Gasteiger partial charge in [0.05, 0.1) is 28.7 Å². The molecular formula is C97H107F6Ir2N7NiO4PdS-2. The summed E-state index contributed by atoms with van der Waals surface area (Å²) in [5.74, 6) is 1.68. The number of halogens is 6. The number of rotatable bonds is 17. The number of carbonyl (C=O) groups excluding carboxylic acids is 1. The zero-order valence-corrected chi connectivity index (χ0v) is 77.0. The Kier molecular flexibility index (Phi) is 35.0. The van der Waals surface area contributed by atoms with Crippen molar-refractivity contribution in [2.24, 2.45) is 16.2 Å². The number of aromatic nitrogens is 4. The fourth-order valence-corrected chi connectivity index (χ4v) is 18.4. The smallest absolute Gasteiger partial charge is 0.651 e. The first-order valence-corrected chi connectivity index (χ1v) is 41.7. The number of pyridine rings is 4. The van der Waals surface area contributed by atoms with Crippen molar-refractivity contribution in [3.05, 3.63) is 277 Å². The number of benzene rings is 5. The number of allylic oxidation sites excluding steroid dienone is 1. The third kappa shape index (κ3) is 24.3. The Morgan fingerprint density at radius 3 is 1.79 bits per heavy atom. The second kappa shape index (κ2) is 42.8. The minimum atomic E-state index is -5.89. The van der Waals surface area contributed by atoms with E-state index in [-0.39, 0.29) is 88.4 Å². The van der Waals surface area contributed by atoms with Crippen molar-refractivity contribution in [3.63, 3.8) is 0 Å². The number of carbonyl (C=O) groups is 1. The molecule has 1 amide bonds. The number of hydrogen-bond acceptors (Lipinski definition) is 9. The molecule has 4 aliphatic carbocycles. The van der Waals surface area contributed by atoms with Gasteiger partial charge in [-0.3, -0.25) is 19.9 Å². The SMILES string of the molecule is CC1(C(C)(C)c2ccc3c(c2)SC(=Cc2ccccn2)[N-]3)CCCCC1.CC1(Cc2ccc3c(c2)OC(=Cc2ccccn2)[N-]3)CCCC1.CC1=C(C)C(=Cc2[c-]ccc(C3(C)CCCC3)c2)[N-]C1=O.CCCCCCC1(Cc2ccnc(-c3cc4ccccc4cc3O)c2)CCCC1.OC(c1ccccn1)(C(F)(F)F)C(F)(F)F.[Ir].[Ir].[Ni].[Pd+2]. The van der Waals surface area contributed by atoms with Crippen molar-refractivity contribution >= 4 is 58.0 Å². The molecule has 0 bridgehead atoms. The van der Waals surface area contributed by atoms with E-state index in [1.807, 2.05) is 105 Å². The number of phenols is 1. The summed E-state index contributed by atoms with van der Waals surface area (Å²) in [7, 11) is 0. The monoisotopic (exact) mass is 2130 g/mol. The van der Waals surface area contributed by atoms with Crippen LogP contribution in [0.5, 0.6) is 11.5 Å². The van der Waals surface area contributed by atoms with Crippen LogP contribution in [0, 0.1) is 22.3 Å². The normalized spacial score (nSPS) is 18.2. The van der Waals surface area contributed by atoms with Gasteiger partial charge in [-0.25, -0.2) is 0 Å². The van der Waals surface area contributed by atoms with Crippen LogP contribution in [0.3, 0.4) is 0 Å². The molecule has 2 N–H and O–H groups in total. The fourth-order valence-electron chi connectivity index (χ4n) is 17.4. The quantitative estimate of drug-likeness (QED) is 0.0391. The van der Waals surface area contributed by atoms with Crippen LogP contribution in [0.4, 0.5) is 37.7 Å². The van der Waals surface area contributed by atoms with E-state index in [4.69, 9.17) is 15.2 Å². The molecule has 4 aromatic heterocycles. The summed E-state index contributed by atoms with van der Waals surface area (Å²) in [5, 5.41) is 36.1. The first-order chi connectivity index (χ1) is 55.0. The van der Waals surface area contributed by atoms with Gasteiger partial charge in [-0.2, -0.15) is 37.6 Å². The van der Waals surface area contributed by atoms with Gasteiger partial charge in [-0.1, -0.05) is 208 Å². The van der Waals surface area contributed by atoms with Gasteiger partial charge in [0.2, 0.25) is 0 Å². The summed E-state index contributed by atoms with van der Waals surface area (Å²) in [6.45, 7) is 18.2. The van der Waals surface area contributed by atoms with Crippen LogP contribution in [0.2, 0.25) is 0 Å². The van der Waals surface area contributed by atoms with Crippen LogP contribution in [0.1, 0.15) is 242 Å². The van der Waals surface area contributed by atoms with Gasteiger partial charge in [-0.15, -0.1) is 53.4 Å². The average molecular weight is 2130 g/mol. The molecule has 0 unspecified atom stereocenters. The van der Waals surface area contributed by atoms with E-state index in [1.54, 1.807) is 18.0 Å². The number of aromatic hydroxyl groups is 1. The number of nitrogens with zero attached hydrogens (tertiary/aromatic N) is 7. The van der Waals surface area contributed by atoms with E-state index in [1.165, 1.54) is 168 Å². The van der Waals surface area contributed by atoms with E-state index < -0.39 is 23.6 Å². The van der Waals surface area contributed by atoms with Crippen LogP contribution in [0.25, 0.3) is 56.2 Å². The van der Waals surface area contributed by atoms with Gasteiger partial charge in [-0.05, 0) is 234 Å². The molecule has 0 spiro atoms. The summed E-state index contributed by atoms with van der Waals surface area (Å²) in [6, 6.07) is 53.7. The van der Waals surface area contributed by atoms with Gasteiger partial charge >= 0.3 is 32.8 Å². The topological polar surface area (TPSA) is 161 Å². The van der Waals surface area contributed by atoms with Crippen LogP contribution in [0.15, 0.2) is 215 Å². The zero-order chi connectivity index (χ0) is 81.7. The molecule has 11 nitrogen and oxygen atoms in total. The number of phenolic OH excluding ortho intramolecular Hbond substituents is 1. The zero-order valence-electron chi connectivity index (χ0n) is 68.8. The number of ether oxygens (including phenoxy) is 1. The van der Waals surface area contributed by atoms with Crippen LogP contribution < -0.4 is 4.74 Å². The van der Waals surface area contributed by atoms with Gasteiger partial charge in [0, 0.05) is 92.9 Å². The Morgan fingerprint density at radius 2 is 1.18 bits per heavy atom. The van der Waals surface area contributed by atoms with E-state index in [0.717, 1.165) is 109 Å². The largest absolute Gasteiger partial charge is 2.00 e. The van der Waals surface area contributed by atoms with E-state index in [9.17, 15) is 36.2 Å². The van der Waals surface area contributed by atoms with Gasteiger partial charge in [0.15, 0.2) is 0 Å². The number of unbranched alkanes of at least 4 members (excludes halogenated alkanes) is 3. The van der Waals surface area contributed by atoms with Gasteiger partial charge in [0.25, 0.3) is 5.60 Å². The summed E-state index contributed by atoms with van der Waals surface area (Å²) >= 11 is 1.76. The van der Waals surface area contributed by atoms with Crippen LogP contribution >= 0.6 is 11.8 Å². The molecule has 4 fully saturated rings. The van der Waals surface area contributed by atoms with E-state index >= 15 is 0 Å². The van der Waals surface area contributed by atoms with Gasteiger partial charge in [0.1, 0.15) is 11.5 Å². The van der Waals surface area contributed by atoms with Crippen molar-refractivity contribution in [1.29, 1.82) is 0 Å². The predicted octanol–water partition coefficient (Wildman–Crippen LogP) is 28.0. The minimum absolute atomic E-state index is 0. The van der Waals surface area contributed by atoms with Crippen molar-refractivity contribution in [2.45, 2.75) is 243 Å². The molecule has 22 heteroatoms. The number of hydrogen-bond donors (Lipinski definition) is 2. The Bertz CT molecular complexity index is 4960. The third-order valence-corrected chi connectivity index (χ3v) is 26.0. The predicted molar refractivity (Wildman–Crippen MR) is 453 cm³/mol. The van der Waals surface area contributed by atoms with Crippen molar-refractivity contribution in [2.75, 3.05) is 0 Å². The number of fused-ring (bicyclic) bond motifs is 3. The minimum Gasteiger partial charge on any atom is -0.651 e. The summed E-state index contributed by atoms with van der Waals surface area (Å²) in [5.41, 5.74) is 9.92. The second-order valence-corrected chi connectivity index (χ2v) is 34.8. The summed E-state index contributed by atoms with van der Waals surface area (Å²) in [4.78, 5) is 29.1. The molecule has 2 radical (unpaired) electrons. The Balaban J connectivity index is 0.000000186. The summed E-state index contributed by atoms with van der Waals surface area (Å²) < 4.78 is 79.6. The number of amides is 1. The van der Waals surface area contributed by atoms with E-state index in [0.29, 0.717) is 39.4 Å². The number of aliphatic hydroxyl groups is 1. The van der Waals surface area contributed by atoms with Crippen LogP contribution in [-0.4, -0.2) is 48.4 Å². The first-order valence-electron chi connectivity index (χ1n) is 40.9. The molecule has 0 atom stereocenters. The average Bonchev–Trinajstić information content (AvgIpc) is 1.09. The molecule has 3 aliphatic heterocycles. The van der Waals surface area contributed by atoms with E-state index in [2.05, 4.69) is 157 Å². The molecule has 9 aromatic rings. The number of thioether (sulfide) groups is 1. The molecule has 4 saturated carbocycles. The van der Waals surface area contributed by atoms with Crippen molar-refractivity contribution < 1.29 is 123 Å². The van der Waals surface area contributed by atoms with Crippen LogP contribution in [-0.2, 0) is 111 Å². The molecule has 0 saturated heterocycles. The second-order valence-electron chi connectivity index (χ2n) is 33.7. The maximum absolute atomic E-state index is 12.3. The Morgan fingerprint density at radius 1 is 0.580 bits per heavy atom. The maximum atomic E-state index is 12.3. The van der Waals surface area contributed by atoms with Gasteiger partial charge < -0.3 is 35.7 Å². The number of alkyl halides is 6. The first kappa shape index (κ1) is 97.4. The van der Waals surface area contributed by atoms with Crippen molar-refractivity contribution in [3.8, 4) is 22.8 Å². The Labute approximate surface area is 754 Å². The third-order valence-electron chi connectivity index (χ3n) is 25.1. The Hall–Kier alpha value is -7.07. The van der Waals surface area contributed by atoms with Crippen molar-refractivity contribution in [1.82, 2.24) is 19.9 Å². The standard InChI is InChI=1S/C27H33NO.C23H27N2S.C20H21N2O.C19H22NO.C8H5F6NO.2Ir.Ni.Pd/c1-2-3-4-7-13-27(14-8-9-15-27)20-21-12-16-28-25(17-21)24-18-22-10-5-6-11-23(22)19-26(24)29;1-22(2,23(3)12-6-4-7-13-23)17-10-11-19-20(15-17)26-21(25-19)16-18-9-5-8-14-24-18;1-20(9-3-4-10-20)14-15-7-8-17-18(12-15)23-19(22-17)13-16-6-2-5-11-21-16;1-13-14(2)18(21)20-17(13)12-15-7-6-8-16(11-15)19(3)9-4-5-10-19;9-7(10,11)6(16,8(12,13)14)5-3-1-2-4-15-5;;;;/h5-6,10-12,16-19,29H,2-4,7-9,13-15,20H2,1H3;5,8-11,14-16H,4,6-7,12-13H2,1-3H3;2,5-8,11-13H,3-4,9-10,14H2,1H3;6,8,11-12H,4-5,9-10H2,1-3H3,(H,20,21);1-4,16H;;;;/q;3*-1;;;;;+2/p-1. The summed E-state index contributed by atoms with van der Waals surface area (Å²) in [6.07, 6.45) is 32.2. The molecule has 16 rings (SSSR count). The molecule has 7 aliphatic rings. The molecular weight excluding hydrogens is 2020 g/mol. The molecule has 119 heavy (non-hydrogen) atoms. The molecule has 7 heterocycles.